The maximum absolute atomic E-state index is 13.0. The highest BCUT2D eigenvalue weighted by Gasteiger charge is 2.23. The third-order valence-electron chi connectivity index (χ3n) is 2.97. The van der Waals surface area contributed by atoms with Crippen LogP contribution in [-0.4, -0.2) is 24.6 Å². The first-order chi connectivity index (χ1) is 8.54. The number of primary amides is 1. The molecule has 0 aromatic heterocycles. The van der Waals surface area contributed by atoms with E-state index in [1.165, 1.54) is 12.1 Å². The number of ether oxygens (including phenoxy) is 1. The number of benzene rings is 1. The van der Waals surface area contributed by atoms with Crippen molar-refractivity contribution in [2.24, 2.45) is 5.73 Å². The zero-order chi connectivity index (χ0) is 13.1. The molecule has 4 nitrogen and oxygen atoms in total. The van der Waals surface area contributed by atoms with Gasteiger partial charge in [-0.2, -0.15) is 0 Å². The number of hydrogen-bond acceptors (Lipinski definition) is 3. The van der Waals surface area contributed by atoms with E-state index in [4.69, 9.17) is 10.5 Å². The molecule has 5 heteroatoms. The molecule has 2 atom stereocenters. The average Bonchev–Trinajstić information content (AvgIpc) is 2.67. The molecule has 0 bridgehead atoms. The zero-order valence-corrected chi connectivity index (χ0v) is 10.3. The first-order valence-corrected chi connectivity index (χ1v) is 6.01. The highest BCUT2D eigenvalue weighted by atomic mass is 19.1. The second-order valence-electron chi connectivity index (χ2n) is 4.68. The van der Waals surface area contributed by atoms with Crippen molar-refractivity contribution in [3.05, 3.63) is 29.6 Å². The second kappa shape index (κ2) is 5.35. The van der Waals surface area contributed by atoms with Crippen LogP contribution < -0.4 is 15.8 Å². The van der Waals surface area contributed by atoms with Gasteiger partial charge < -0.3 is 15.8 Å². The van der Waals surface area contributed by atoms with Gasteiger partial charge in [-0.15, -0.1) is 0 Å². The number of carbonyl (C=O) groups is 1. The highest BCUT2D eigenvalue weighted by molar-refractivity contribution is 5.74. The first kappa shape index (κ1) is 12.8. The predicted octanol–water partition coefficient (Wildman–Crippen LogP) is 0.983. The van der Waals surface area contributed by atoms with Crippen LogP contribution in [-0.2, 0) is 11.2 Å². The van der Waals surface area contributed by atoms with Crippen molar-refractivity contribution in [3.63, 3.8) is 0 Å². The van der Waals surface area contributed by atoms with Crippen LogP contribution in [0.5, 0.6) is 5.75 Å². The minimum absolute atomic E-state index is 0.0165. The third-order valence-corrected chi connectivity index (χ3v) is 2.97. The highest BCUT2D eigenvalue weighted by Crippen LogP contribution is 2.28. The van der Waals surface area contributed by atoms with Crippen LogP contribution in [0.3, 0.4) is 0 Å². The summed E-state index contributed by atoms with van der Waals surface area (Å²) in [5.74, 6) is 0.173. The molecular weight excluding hydrogens is 235 g/mol. The lowest BCUT2D eigenvalue weighted by atomic mass is 10.1. The molecule has 0 aliphatic carbocycles. The summed E-state index contributed by atoms with van der Waals surface area (Å²) in [5, 5.41) is 3.19. The Kier molecular flexibility index (Phi) is 3.81. The molecule has 1 amide bonds. The Hall–Kier alpha value is -1.62. The van der Waals surface area contributed by atoms with E-state index in [-0.39, 0.29) is 23.9 Å². The maximum Gasteiger partial charge on any atom is 0.218 e. The Balaban J connectivity index is 1.83. The Morgan fingerprint density at radius 1 is 1.67 bits per heavy atom. The fourth-order valence-corrected chi connectivity index (χ4v) is 2.11. The number of fused-ring (bicyclic) bond motifs is 1. The fraction of sp³-hybridized carbons (Fsp3) is 0.462. The van der Waals surface area contributed by atoms with E-state index in [1.807, 2.05) is 6.92 Å². The van der Waals surface area contributed by atoms with Gasteiger partial charge in [-0.1, -0.05) is 0 Å². The third kappa shape index (κ3) is 3.20. The van der Waals surface area contributed by atoms with E-state index in [0.717, 1.165) is 11.3 Å². The molecule has 0 saturated heterocycles. The van der Waals surface area contributed by atoms with Crippen molar-refractivity contribution >= 4 is 5.91 Å². The molecule has 1 aromatic rings. The molecule has 0 radical (unpaired) electrons. The first-order valence-electron chi connectivity index (χ1n) is 6.01. The molecule has 1 heterocycles. The number of halogens is 1. The molecule has 2 rings (SSSR count). The predicted molar refractivity (Wildman–Crippen MR) is 65.8 cm³/mol. The fourth-order valence-electron chi connectivity index (χ4n) is 2.11. The largest absolute Gasteiger partial charge is 0.488 e. The number of hydrogen-bond donors (Lipinski definition) is 2. The quantitative estimate of drug-likeness (QED) is 0.821. The molecule has 3 N–H and O–H groups in total. The minimum atomic E-state index is -0.326. The molecule has 98 valence electrons. The summed E-state index contributed by atoms with van der Waals surface area (Å²) in [6, 6.07) is 4.57. The van der Waals surface area contributed by atoms with Gasteiger partial charge in [0.15, 0.2) is 0 Å². The molecule has 18 heavy (non-hydrogen) atoms. The molecule has 0 spiro atoms. The van der Waals surface area contributed by atoms with Gasteiger partial charge in [0.05, 0.1) is 0 Å². The average molecular weight is 252 g/mol. The standard InChI is InChI=1S/C13H17FN2O2/c1-8(4-13(15)17)16-7-11-6-9-5-10(14)2-3-12(9)18-11/h2-3,5,8,11,16H,4,6-7H2,1H3,(H2,15,17). The van der Waals surface area contributed by atoms with Crippen molar-refractivity contribution in [3.8, 4) is 5.75 Å². The van der Waals surface area contributed by atoms with Crippen molar-refractivity contribution in [1.82, 2.24) is 5.32 Å². The molecule has 2 unspecified atom stereocenters. The Labute approximate surface area is 105 Å². The summed E-state index contributed by atoms with van der Waals surface area (Å²) in [4.78, 5) is 10.7. The van der Waals surface area contributed by atoms with Crippen molar-refractivity contribution in [2.45, 2.75) is 31.9 Å². The lowest BCUT2D eigenvalue weighted by molar-refractivity contribution is -0.118. The smallest absolute Gasteiger partial charge is 0.218 e. The Morgan fingerprint density at radius 3 is 3.17 bits per heavy atom. The number of nitrogens with two attached hydrogens (primary N) is 1. The SMILES string of the molecule is CC(CC(N)=O)NCC1Cc2cc(F)ccc2O1. The minimum Gasteiger partial charge on any atom is -0.488 e. The summed E-state index contributed by atoms with van der Waals surface area (Å²) in [5.41, 5.74) is 6.00. The molecule has 0 saturated carbocycles. The summed E-state index contributed by atoms with van der Waals surface area (Å²) >= 11 is 0. The summed E-state index contributed by atoms with van der Waals surface area (Å²) in [6.07, 6.45) is 0.967. The van der Waals surface area contributed by atoms with Crippen LogP contribution in [0.25, 0.3) is 0 Å². The van der Waals surface area contributed by atoms with E-state index in [1.54, 1.807) is 6.07 Å². The van der Waals surface area contributed by atoms with Gasteiger partial charge in [-0.3, -0.25) is 4.79 Å². The molecule has 1 aliphatic rings. The summed E-state index contributed by atoms with van der Waals surface area (Å²) in [6.45, 7) is 2.51. The van der Waals surface area contributed by atoms with E-state index in [9.17, 15) is 9.18 Å². The van der Waals surface area contributed by atoms with Gasteiger partial charge in [0, 0.05) is 31.0 Å². The van der Waals surface area contributed by atoms with Crippen LogP contribution in [0.4, 0.5) is 4.39 Å². The molecular formula is C13H17FN2O2. The topological polar surface area (TPSA) is 64.4 Å². The van der Waals surface area contributed by atoms with Crippen LogP contribution in [0.1, 0.15) is 18.9 Å². The van der Waals surface area contributed by atoms with Crippen LogP contribution in [0, 0.1) is 5.82 Å². The van der Waals surface area contributed by atoms with Crippen molar-refractivity contribution in [1.29, 1.82) is 0 Å². The van der Waals surface area contributed by atoms with Crippen LogP contribution in [0.2, 0.25) is 0 Å². The second-order valence-corrected chi connectivity index (χ2v) is 4.68. The number of rotatable bonds is 5. The lowest BCUT2D eigenvalue weighted by Crippen LogP contribution is -2.38. The van der Waals surface area contributed by atoms with Gasteiger partial charge in [0.1, 0.15) is 17.7 Å². The normalized spacial score (nSPS) is 19.1. The van der Waals surface area contributed by atoms with Crippen LogP contribution in [0.15, 0.2) is 18.2 Å². The number of amides is 1. The van der Waals surface area contributed by atoms with E-state index in [0.29, 0.717) is 19.4 Å². The van der Waals surface area contributed by atoms with E-state index >= 15 is 0 Å². The number of carbonyl (C=O) groups excluding carboxylic acids is 1. The van der Waals surface area contributed by atoms with E-state index < -0.39 is 0 Å². The van der Waals surface area contributed by atoms with Gasteiger partial charge in [0.25, 0.3) is 0 Å². The monoisotopic (exact) mass is 252 g/mol. The van der Waals surface area contributed by atoms with Crippen molar-refractivity contribution < 1.29 is 13.9 Å². The summed E-state index contributed by atoms with van der Waals surface area (Å²) < 4.78 is 18.7. The Bertz CT molecular complexity index is 451. The molecule has 1 aromatic carbocycles. The van der Waals surface area contributed by atoms with Crippen LogP contribution >= 0.6 is 0 Å². The van der Waals surface area contributed by atoms with Crippen molar-refractivity contribution in [2.75, 3.05) is 6.54 Å². The molecule has 1 aliphatic heterocycles. The lowest BCUT2D eigenvalue weighted by Gasteiger charge is -2.16. The molecule has 0 fully saturated rings. The summed E-state index contributed by atoms with van der Waals surface area (Å²) in [7, 11) is 0. The van der Waals surface area contributed by atoms with Gasteiger partial charge in [-0.25, -0.2) is 4.39 Å². The zero-order valence-electron chi connectivity index (χ0n) is 10.3. The maximum atomic E-state index is 13.0. The van der Waals surface area contributed by atoms with Gasteiger partial charge >= 0.3 is 0 Å². The van der Waals surface area contributed by atoms with Gasteiger partial charge in [-0.05, 0) is 25.1 Å². The Morgan fingerprint density at radius 2 is 2.44 bits per heavy atom. The van der Waals surface area contributed by atoms with E-state index in [2.05, 4.69) is 5.32 Å². The number of nitrogens with one attached hydrogen (secondary N) is 1. The van der Waals surface area contributed by atoms with Gasteiger partial charge in [0.2, 0.25) is 5.91 Å².